The highest BCUT2D eigenvalue weighted by Crippen LogP contribution is 2.49. The summed E-state index contributed by atoms with van der Waals surface area (Å²) < 4.78 is 6.39. The maximum atomic E-state index is 13.3. The van der Waals surface area contributed by atoms with Crippen molar-refractivity contribution >= 4 is 17.6 Å². The van der Waals surface area contributed by atoms with Crippen molar-refractivity contribution in [1.82, 2.24) is 14.8 Å². The lowest BCUT2D eigenvalue weighted by Gasteiger charge is -2.31. The molecule has 1 aliphatic rings. The number of carbonyl (C=O) groups is 1. The molecule has 4 rings (SSSR count). The molecule has 0 radical (unpaired) electrons. The number of halogens is 1. The first-order valence-electron chi connectivity index (χ1n) is 10.0. The third kappa shape index (κ3) is 3.22. The standard InChI is InChI=1S/C23H19ClN4O4/c1-3-32-21(30)23(9-8-14-6-4-5-7-16(14)23)19-13(2)10-15(11-17(19)24)28-22(31)26-20(29)18(12-25)27-28/h4-7,10-11H,3,8-9H2,1-2H3,(H,26,29,31). The quantitative estimate of drug-likeness (QED) is 0.610. The van der Waals surface area contributed by atoms with E-state index in [0.29, 0.717) is 24.0 Å². The van der Waals surface area contributed by atoms with Gasteiger partial charge < -0.3 is 4.74 Å². The summed E-state index contributed by atoms with van der Waals surface area (Å²) in [6, 6.07) is 12.5. The summed E-state index contributed by atoms with van der Waals surface area (Å²) in [7, 11) is 0. The van der Waals surface area contributed by atoms with Crippen LogP contribution in [0.5, 0.6) is 0 Å². The Morgan fingerprint density at radius 1 is 1.34 bits per heavy atom. The van der Waals surface area contributed by atoms with E-state index in [0.717, 1.165) is 15.8 Å². The number of aryl methyl sites for hydroxylation is 2. The fourth-order valence-electron chi connectivity index (χ4n) is 4.48. The number of nitrogens with one attached hydrogen (secondary N) is 1. The molecule has 1 aromatic heterocycles. The molecule has 2 aromatic carbocycles. The zero-order valence-corrected chi connectivity index (χ0v) is 18.2. The van der Waals surface area contributed by atoms with E-state index >= 15 is 0 Å². The molecule has 32 heavy (non-hydrogen) atoms. The summed E-state index contributed by atoms with van der Waals surface area (Å²) in [5.74, 6) is -0.381. The first-order chi connectivity index (χ1) is 15.3. The first-order valence-corrected chi connectivity index (χ1v) is 10.4. The van der Waals surface area contributed by atoms with Crippen molar-refractivity contribution in [2.24, 2.45) is 0 Å². The van der Waals surface area contributed by atoms with Crippen molar-refractivity contribution in [1.29, 1.82) is 5.26 Å². The summed E-state index contributed by atoms with van der Waals surface area (Å²) in [5.41, 5.74) is 0.225. The molecule has 8 nitrogen and oxygen atoms in total. The van der Waals surface area contributed by atoms with E-state index < -0.39 is 22.4 Å². The van der Waals surface area contributed by atoms with Gasteiger partial charge in [0, 0.05) is 5.02 Å². The molecule has 162 valence electrons. The van der Waals surface area contributed by atoms with Crippen molar-refractivity contribution in [3.8, 4) is 11.8 Å². The maximum absolute atomic E-state index is 13.3. The van der Waals surface area contributed by atoms with E-state index in [1.807, 2.05) is 24.3 Å². The number of hydrogen-bond acceptors (Lipinski definition) is 6. The number of carbonyl (C=O) groups excluding carboxylic acids is 1. The van der Waals surface area contributed by atoms with Crippen LogP contribution < -0.4 is 11.2 Å². The molecule has 1 N–H and O–H groups in total. The van der Waals surface area contributed by atoms with Gasteiger partial charge in [-0.25, -0.2) is 4.79 Å². The third-order valence-corrected chi connectivity index (χ3v) is 6.05. The zero-order chi connectivity index (χ0) is 23.0. The van der Waals surface area contributed by atoms with Crippen molar-refractivity contribution in [2.45, 2.75) is 32.1 Å². The van der Waals surface area contributed by atoms with Crippen molar-refractivity contribution in [2.75, 3.05) is 6.61 Å². The second-order valence-electron chi connectivity index (χ2n) is 7.53. The molecule has 1 heterocycles. The van der Waals surface area contributed by atoms with E-state index in [-0.39, 0.29) is 23.3 Å². The van der Waals surface area contributed by atoms with Crippen molar-refractivity contribution in [3.63, 3.8) is 0 Å². The van der Waals surface area contributed by atoms with Crippen LogP contribution in [0.3, 0.4) is 0 Å². The van der Waals surface area contributed by atoms with Crippen LogP contribution in [-0.4, -0.2) is 27.3 Å². The lowest BCUT2D eigenvalue weighted by atomic mass is 9.73. The minimum Gasteiger partial charge on any atom is -0.465 e. The van der Waals surface area contributed by atoms with Gasteiger partial charge in [-0.3, -0.25) is 14.6 Å². The number of fused-ring (bicyclic) bond motifs is 1. The van der Waals surface area contributed by atoms with E-state index in [1.165, 1.54) is 6.07 Å². The number of esters is 1. The Morgan fingerprint density at radius 3 is 2.78 bits per heavy atom. The monoisotopic (exact) mass is 450 g/mol. The van der Waals surface area contributed by atoms with Gasteiger partial charge in [0.15, 0.2) is 0 Å². The van der Waals surface area contributed by atoms with Crippen LogP contribution >= 0.6 is 11.6 Å². The van der Waals surface area contributed by atoms with Crippen LogP contribution in [0.15, 0.2) is 46.0 Å². The van der Waals surface area contributed by atoms with Gasteiger partial charge in [-0.1, -0.05) is 35.9 Å². The van der Waals surface area contributed by atoms with Crippen LogP contribution in [0.1, 0.15) is 41.3 Å². The van der Waals surface area contributed by atoms with Gasteiger partial charge in [0.1, 0.15) is 11.5 Å². The number of hydrogen-bond donors (Lipinski definition) is 1. The van der Waals surface area contributed by atoms with Gasteiger partial charge in [-0.05, 0) is 61.1 Å². The Morgan fingerprint density at radius 2 is 2.09 bits per heavy atom. The van der Waals surface area contributed by atoms with Crippen LogP contribution in [0.2, 0.25) is 5.02 Å². The van der Waals surface area contributed by atoms with Gasteiger partial charge in [0.25, 0.3) is 5.56 Å². The molecule has 1 aliphatic carbocycles. The average Bonchev–Trinajstić information content (AvgIpc) is 3.14. The van der Waals surface area contributed by atoms with Gasteiger partial charge in [0.05, 0.1) is 12.3 Å². The number of nitriles is 1. The molecule has 0 saturated heterocycles. The number of rotatable bonds is 4. The van der Waals surface area contributed by atoms with Crippen molar-refractivity contribution < 1.29 is 9.53 Å². The highest BCUT2D eigenvalue weighted by atomic mass is 35.5. The van der Waals surface area contributed by atoms with Crippen LogP contribution in [0.4, 0.5) is 0 Å². The highest BCUT2D eigenvalue weighted by Gasteiger charge is 2.50. The zero-order valence-electron chi connectivity index (χ0n) is 17.4. The SMILES string of the molecule is CCOC(=O)C1(c2c(C)cc(-n3nc(C#N)c(=O)[nH]c3=O)cc2Cl)CCc2ccccc21. The molecule has 0 amide bonds. The first kappa shape index (κ1) is 21.5. The van der Waals surface area contributed by atoms with E-state index in [9.17, 15) is 14.4 Å². The van der Waals surface area contributed by atoms with Crippen LogP contribution in [0, 0.1) is 18.3 Å². The lowest BCUT2D eigenvalue weighted by Crippen LogP contribution is -2.38. The smallest absolute Gasteiger partial charge is 0.349 e. The van der Waals surface area contributed by atoms with E-state index in [4.69, 9.17) is 21.6 Å². The number of ether oxygens (including phenoxy) is 1. The van der Waals surface area contributed by atoms with Gasteiger partial charge >= 0.3 is 11.7 Å². The molecule has 0 bridgehead atoms. The summed E-state index contributed by atoms with van der Waals surface area (Å²) in [5, 5.41) is 13.2. The second kappa shape index (κ2) is 8.09. The summed E-state index contributed by atoms with van der Waals surface area (Å²) in [6.07, 6.45) is 1.19. The number of aromatic amines is 1. The molecular weight excluding hydrogens is 432 g/mol. The average molecular weight is 451 g/mol. The van der Waals surface area contributed by atoms with Crippen molar-refractivity contribution in [3.05, 3.63) is 90.2 Å². The summed E-state index contributed by atoms with van der Waals surface area (Å²) >= 11 is 6.73. The third-order valence-electron chi connectivity index (χ3n) is 5.75. The molecule has 9 heteroatoms. The van der Waals surface area contributed by atoms with Crippen LogP contribution in [-0.2, 0) is 21.4 Å². The Labute approximate surface area is 188 Å². The minimum atomic E-state index is -1.08. The largest absolute Gasteiger partial charge is 0.465 e. The number of benzene rings is 2. The van der Waals surface area contributed by atoms with E-state index in [1.54, 1.807) is 26.0 Å². The molecule has 0 saturated carbocycles. The van der Waals surface area contributed by atoms with Gasteiger partial charge in [-0.15, -0.1) is 5.10 Å². The Kier molecular flexibility index (Phi) is 5.45. The Hall–Kier alpha value is -3.70. The Bertz CT molecular complexity index is 1380. The summed E-state index contributed by atoms with van der Waals surface area (Å²) in [6.45, 7) is 3.77. The normalized spacial score (nSPS) is 16.9. The maximum Gasteiger partial charge on any atom is 0.349 e. The minimum absolute atomic E-state index is 0.227. The molecule has 0 fully saturated rings. The topological polar surface area (TPSA) is 118 Å². The second-order valence-corrected chi connectivity index (χ2v) is 7.94. The molecule has 1 unspecified atom stereocenters. The molecule has 3 aromatic rings. The lowest BCUT2D eigenvalue weighted by molar-refractivity contribution is -0.148. The number of aromatic nitrogens is 3. The Balaban J connectivity index is 1.96. The molecule has 0 aliphatic heterocycles. The fourth-order valence-corrected chi connectivity index (χ4v) is 4.90. The number of H-pyrrole nitrogens is 1. The van der Waals surface area contributed by atoms with Crippen LogP contribution in [0.25, 0.3) is 5.69 Å². The van der Waals surface area contributed by atoms with E-state index in [2.05, 4.69) is 10.1 Å². The molecule has 1 atom stereocenters. The molecular formula is C23H19ClN4O4. The fraction of sp³-hybridized carbons (Fsp3) is 0.261. The predicted molar refractivity (Wildman–Crippen MR) is 117 cm³/mol. The molecule has 0 spiro atoms. The predicted octanol–water partition coefficient (Wildman–Crippen LogP) is 2.55. The van der Waals surface area contributed by atoms with Gasteiger partial charge in [-0.2, -0.15) is 9.94 Å². The highest BCUT2D eigenvalue weighted by molar-refractivity contribution is 6.32. The number of nitrogens with zero attached hydrogens (tertiary/aromatic N) is 3. The van der Waals surface area contributed by atoms with Gasteiger partial charge in [0.2, 0.25) is 5.69 Å². The summed E-state index contributed by atoms with van der Waals surface area (Å²) in [4.78, 5) is 39.4.